The lowest BCUT2D eigenvalue weighted by Gasteiger charge is -2.13. The monoisotopic (exact) mass is 280 g/mol. The van der Waals surface area contributed by atoms with Crippen LogP contribution in [-0.4, -0.2) is 47.5 Å². The van der Waals surface area contributed by atoms with Gasteiger partial charge >= 0.3 is 12.0 Å². The summed E-state index contributed by atoms with van der Waals surface area (Å²) in [5, 5.41) is 22.3. The number of carbonyl (C=O) groups is 2. The number of ether oxygens (including phenoxy) is 1. The smallest absolute Gasteiger partial charge is 0.334 e. The number of carboxylic acid groups (broad SMARTS) is 1. The number of amides is 2. The van der Waals surface area contributed by atoms with E-state index in [0.29, 0.717) is 13.0 Å². The van der Waals surface area contributed by atoms with Crippen LogP contribution in [0, 0.1) is 0 Å². The zero-order valence-electron chi connectivity index (χ0n) is 10.7. The number of urea groups is 1. The van der Waals surface area contributed by atoms with Gasteiger partial charge in [0.1, 0.15) is 11.9 Å². The topological polar surface area (TPSA) is 108 Å². The average molecular weight is 280 g/mol. The fourth-order valence-corrected chi connectivity index (χ4v) is 1.91. The molecule has 1 heterocycles. The fraction of sp³-hybridized carbons (Fsp3) is 0.385. The molecule has 0 fully saturated rings. The molecule has 20 heavy (non-hydrogen) atoms. The molecular formula is C13H16N2O5. The molecule has 1 aromatic carbocycles. The lowest BCUT2D eigenvalue weighted by molar-refractivity contribution is -0.146. The molecule has 2 rings (SSSR count). The molecule has 108 valence electrons. The highest BCUT2D eigenvalue weighted by molar-refractivity contribution is 5.76. The van der Waals surface area contributed by atoms with Gasteiger partial charge in [-0.15, -0.1) is 0 Å². The van der Waals surface area contributed by atoms with E-state index in [0.717, 1.165) is 11.3 Å². The average Bonchev–Trinajstić information content (AvgIpc) is 2.85. The maximum absolute atomic E-state index is 11.4. The largest absolute Gasteiger partial charge is 0.488 e. The van der Waals surface area contributed by atoms with E-state index >= 15 is 0 Å². The van der Waals surface area contributed by atoms with Crippen molar-refractivity contribution in [1.82, 2.24) is 10.6 Å². The van der Waals surface area contributed by atoms with E-state index in [-0.39, 0.29) is 12.6 Å². The molecule has 2 atom stereocenters. The zero-order valence-corrected chi connectivity index (χ0v) is 10.7. The quantitative estimate of drug-likeness (QED) is 0.594. The highest BCUT2D eigenvalue weighted by atomic mass is 16.5. The molecule has 0 saturated heterocycles. The Morgan fingerprint density at radius 1 is 1.35 bits per heavy atom. The molecule has 0 radical (unpaired) electrons. The minimum absolute atomic E-state index is 0.137. The molecule has 7 nitrogen and oxygen atoms in total. The first-order valence-electron chi connectivity index (χ1n) is 6.23. The van der Waals surface area contributed by atoms with E-state index in [4.69, 9.17) is 14.9 Å². The van der Waals surface area contributed by atoms with Crippen LogP contribution in [0.15, 0.2) is 24.3 Å². The summed E-state index contributed by atoms with van der Waals surface area (Å²) in [7, 11) is 0. The summed E-state index contributed by atoms with van der Waals surface area (Å²) in [4.78, 5) is 21.8. The molecule has 4 N–H and O–H groups in total. The number of carbonyl (C=O) groups excluding carboxylic acids is 1. The van der Waals surface area contributed by atoms with Gasteiger partial charge in [-0.3, -0.25) is 0 Å². The Morgan fingerprint density at radius 3 is 2.80 bits per heavy atom. The predicted molar refractivity (Wildman–Crippen MR) is 69.6 cm³/mol. The van der Waals surface area contributed by atoms with E-state index in [1.807, 2.05) is 24.3 Å². The van der Waals surface area contributed by atoms with E-state index in [2.05, 4.69) is 10.6 Å². The third-order valence-electron chi connectivity index (χ3n) is 2.95. The van der Waals surface area contributed by atoms with E-state index in [1.165, 1.54) is 0 Å². The number of aliphatic hydroxyl groups is 1. The van der Waals surface area contributed by atoms with Crippen LogP contribution in [0.2, 0.25) is 0 Å². The predicted octanol–water partition coefficient (Wildman–Crippen LogP) is -0.265. The second-order valence-electron chi connectivity index (χ2n) is 4.50. The van der Waals surface area contributed by atoms with Crippen molar-refractivity contribution >= 4 is 12.0 Å². The first-order chi connectivity index (χ1) is 9.56. The third-order valence-corrected chi connectivity index (χ3v) is 2.95. The van der Waals surface area contributed by atoms with Crippen molar-refractivity contribution in [2.24, 2.45) is 0 Å². The molecule has 0 aromatic heterocycles. The number of hydrogen-bond donors (Lipinski definition) is 4. The normalized spacial score (nSPS) is 17.8. The Labute approximate surface area is 115 Å². The molecule has 7 heteroatoms. The van der Waals surface area contributed by atoms with Crippen LogP contribution in [0.4, 0.5) is 4.79 Å². The Bertz CT molecular complexity index is 480. The number of nitrogens with one attached hydrogen (secondary N) is 2. The zero-order chi connectivity index (χ0) is 14.5. The van der Waals surface area contributed by atoms with Crippen molar-refractivity contribution in [2.75, 3.05) is 13.1 Å². The highest BCUT2D eigenvalue weighted by Gasteiger charge is 2.22. The SMILES string of the molecule is O=C(NCC1Cc2ccccc2O1)NCC(O)C(=O)O. The van der Waals surface area contributed by atoms with Crippen LogP contribution in [-0.2, 0) is 11.2 Å². The van der Waals surface area contributed by atoms with Crippen LogP contribution >= 0.6 is 0 Å². The number of fused-ring (bicyclic) bond motifs is 1. The van der Waals surface area contributed by atoms with Gasteiger partial charge in [-0.2, -0.15) is 0 Å². The van der Waals surface area contributed by atoms with Crippen molar-refractivity contribution in [3.8, 4) is 5.75 Å². The van der Waals surface area contributed by atoms with Gasteiger partial charge in [0.15, 0.2) is 6.10 Å². The summed E-state index contributed by atoms with van der Waals surface area (Å²) in [5.74, 6) is -0.555. The van der Waals surface area contributed by atoms with Gasteiger partial charge in [-0.25, -0.2) is 9.59 Å². The Hall–Kier alpha value is -2.28. The second-order valence-corrected chi connectivity index (χ2v) is 4.50. The van der Waals surface area contributed by atoms with Gasteiger partial charge in [0, 0.05) is 6.42 Å². The van der Waals surface area contributed by atoms with Crippen molar-refractivity contribution in [2.45, 2.75) is 18.6 Å². The minimum atomic E-state index is -1.60. The lowest BCUT2D eigenvalue weighted by atomic mass is 10.1. The molecule has 0 aliphatic carbocycles. The molecule has 2 unspecified atom stereocenters. The molecule has 1 aliphatic rings. The number of hydrogen-bond acceptors (Lipinski definition) is 4. The Morgan fingerprint density at radius 2 is 2.10 bits per heavy atom. The second kappa shape index (κ2) is 6.25. The number of carboxylic acids is 1. The van der Waals surface area contributed by atoms with Crippen LogP contribution < -0.4 is 15.4 Å². The molecular weight excluding hydrogens is 264 g/mol. The molecule has 0 bridgehead atoms. The van der Waals surface area contributed by atoms with Gasteiger partial charge in [-0.05, 0) is 11.6 Å². The maximum Gasteiger partial charge on any atom is 0.334 e. The Kier molecular flexibility index (Phi) is 4.41. The third kappa shape index (κ3) is 3.61. The van der Waals surface area contributed by atoms with Crippen LogP contribution in [0.5, 0.6) is 5.75 Å². The summed E-state index contributed by atoms with van der Waals surface area (Å²) in [6.45, 7) is -0.0312. The van der Waals surface area contributed by atoms with Crippen molar-refractivity contribution < 1.29 is 24.5 Å². The molecule has 1 aliphatic heterocycles. The first kappa shape index (κ1) is 14.1. The minimum Gasteiger partial charge on any atom is -0.488 e. The summed E-state index contributed by atoms with van der Waals surface area (Å²) in [5.41, 5.74) is 1.10. The van der Waals surface area contributed by atoms with Gasteiger partial charge < -0.3 is 25.6 Å². The molecule has 1 aromatic rings. The Balaban J connectivity index is 1.69. The van der Waals surface area contributed by atoms with Gasteiger partial charge in [0.2, 0.25) is 0 Å². The number of aliphatic hydroxyl groups excluding tert-OH is 1. The standard InChI is InChI=1S/C13H16N2O5/c16-10(12(17)18)7-15-13(19)14-6-9-5-8-3-1-2-4-11(8)20-9/h1-4,9-10,16H,5-7H2,(H,17,18)(H2,14,15,19). The number of aliphatic carboxylic acids is 1. The van der Waals surface area contributed by atoms with Crippen LogP contribution in [0.3, 0.4) is 0 Å². The van der Waals surface area contributed by atoms with Crippen molar-refractivity contribution in [1.29, 1.82) is 0 Å². The summed E-state index contributed by atoms with van der Waals surface area (Å²) >= 11 is 0. The van der Waals surface area contributed by atoms with Gasteiger partial charge in [0.25, 0.3) is 0 Å². The van der Waals surface area contributed by atoms with E-state index in [1.54, 1.807) is 0 Å². The first-order valence-corrected chi connectivity index (χ1v) is 6.23. The van der Waals surface area contributed by atoms with Gasteiger partial charge in [0.05, 0.1) is 13.1 Å². The summed E-state index contributed by atoms with van der Waals surface area (Å²) < 4.78 is 5.64. The summed E-state index contributed by atoms with van der Waals surface area (Å²) in [6.07, 6.45) is -1.02. The van der Waals surface area contributed by atoms with Crippen molar-refractivity contribution in [3.63, 3.8) is 0 Å². The number of para-hydroxylation sites is 1. The summed E-state index contributed by atoms with van der Waals surface area (Å²) in [6, 6.07) is 7.12. The van der Waals surface area contributed by atoms with E-state index < -0.39 is 18.1 Å². The number of rotatable bonds is 5. The maximum atomic E-state index is 11.4. The fourth-order valence-electron chi connectivity index (χ4n) is 1.91. The highest BCUT2D eigenvalue weighted by Crippen LogP contribution is 2.27. The number of benzene rings is 1. The molecule has 2 amide bonds. The molecule has 0 spiro atoms. The van der Waals surface area contributed by atoms with Crippen LogP contribution in [0.1, 0.15) is 5.56 Å². The van der Waals surface area contributed by atoms with Crippen molar-refractivity contribution in [3.05, 3.63) is 29.8 Å². The van der Waals surface area contributed by atoms with Crippen LogP contribution in [0.25, 0.3) is 0 Å². The van der Waals surface area contributed by atoms with Gasteiger partial charge in [-0.1, -0.05) is 18.2 Å². The van der Waals surface area contributed by atoms with E-state index in [9.17, 15) is 9.59 Å². The molecule has 0 saturated carbocycles. The lowest BCUT2D eigenvalue weighted by Crippen LogP contribution is -2.44.